The van der Waals surface area contributed by atoms with Gasteiger partial charge in [-0.05, 0) is 37.3 Å². The molecule has 130 valence electrons. The molecular formula is C19H12Cl3N3O. The van der Waals surface area contributed by atoms with Crippen molar-refractivity contribution in [1.82, 2.24) is 14.2 Å². The Hall–Kier alpha value is -2.27. The van der Waals surface area contributed by atoms with E-state index in [4.69, 9.17) is 34.8 Å². The van der Waals surface area contributed by atoms with Crippen molar-refractivity contribution in [2.45, 2.75) is 6.92 Å². The first-order valence-corrected chi connectivity index (χ1v) is 8.92. The van der Waals surface area contributed by atoms with E-state index >= 15 is 0 Å². The third-order valence-electron chi connectivity index (χ3n) is 4.06. The Balaban J connectivity index is 2.17. The fraction of sp³-hybridized carbons (Fsp3) is 0.0526. The highest BCUT2D eigenvalue weighted by atomic mass is 35.5. The molecule has 4 rings (SSSR count). The van der Waals surface area contributed by atoms with Crippen molar-refractivity contribution in [2.24, 2.45) is 0 Å². The Bertz CT molecular complexity index is 1210. The number of nitrogens with zero attached hydrogens (tertiary/aromatic N) is 3. The van der Waals surface area contributed by atoms with Gasteiger partial charge in [0, 0.05) is 21.7 Å². The van der Waals surface area contributed by atoms with Crippen molar-refractivity contribution < 1.29 is 0 Å². The molecule has 0 saturated carbocycles. The maximum absolute atomic E-state index is 12.9. The minimum Gasteiger partial charge on any atom is -0.266 e. The lowest BCUT2D eigenvalue weighted by Crippen LogP contribution is -2.22. The number of hydrogen-bond acceptors (Lipinski definition) is 2. The van der Waals surface area contributed by atoms with Gasteiger partial charge in [0.15, 0.2) is 5.65 Å². The molecule has 0 aliphatic heterocycles. The molecule has 7 heteroatoms. The van der Waals surface area contributed by atoms with Gasteiger partial charge in [0.2, 0.25) is 0 Å². The van der Waals surface area contributed by atoms with Gasteiger partial charge in [0.25, 0.3) is 5.56 Å². The maximum Gasteiger partial charge on any atom is 0.292 e. The zero-order chi connectivity index (χ0) is 18.4. The summed E-state index contributed by atoms with van der Waals surface area (Å²) in [4.78, 5) is 17.3. The van der Waals surface area contributed by atoms with Gasteiger partial charge in [-0.25, -0.2) is 9.67 Å². The molecule has 2 aromatic carbocycles. The fourth-order valence-electron chi connectivity index (χ4n) is 2.91. The van der Waals surface area contributed by atoms with Gasteiger partial charge in [-0.1, -0.05) is 53.0 Å². The van der Waals surface area contributed by atoms with E-state index in [1.165, 1.54) is 4.52 Å². The van der Waals surface area contributed by atoms with Crippen LogP contribution in [0.3, 0.4) is 0 Å². The number of halogens is 3. The van der Waals surface area contributed by atoms with Gasteiger partial charge in [-0.2, -0.15) is 4.52 Å². The van der Waals surface area contributed by atoms with Gasteiger partial charge >= 0.3 is 0 Å². The molecular weight excluding hydrogens is 393 g/mol. The van der Waals surface area contributed by atoms with Crippen molar-refractivity contribution in [1.29, 1.82) is 0 Å². The van der Waals surface area contributed by atoms with Gasteiger partial charge < -0.3 is 0 Å². The molecule has 4 nitrogen and oxygen atoms in total. The normalized spacial score (nSPS) is 11.2. The van der Waals surface area contributed by atoms with Crippen molar-refractivity contribution in [2.75, 3.05) is 0 Å². The SMILES string of the molecule is Cc1nc2cc(-c3cccc(Cl)c3)n(-c3cccc(Cl)c3)n2c(=O)c1Cl. The molecule has 26 heavy (non-hydrogen) atoms. The molecule has 0 amide bonds. The van der Waals surface area contributed by atoms with Gasteiger partial charge in [0.1, 0.15) is 5.02 Å². The Morgan fingerprint density at radius 1 is 0.923 bits per heavy atom. The highest BCUT2D eigenvalue weighted by Gasteiger charge is 2.18. The second-order valence-corrected chi connectivity index (χ2v) is 7.07. The van der Waals surface area contributed by atoms with E-state index in [0.717, 1.165) is 11.3 Å². The second-order valence-electron chi connectivity index (χ2n) is 5.82. The number of rotatable bonds is 2. The van der Waals surface area contributed by atoms with Gasteiger partial charge in [0.05, 0.1) is 17.1 Å². The zero-order valence-electron chi connectivity index (χ0n) is 13.6. The van der Waals surface area contributed by atoms with Crippen LogP contribution in [0.4, 0.5) is 0 Å². The van der Waals surface area contributed by atoms with Crippen molar-refractivity contribution in [3.8, 4) is 16.9 Å². The Labute approximate surface area is 164 Å². The van der Waals surface area contributed by atoms with Crippen LogP contribution in [0.5, 0.6) is 0 Å². The first-order valence-electron chi connectivity index (χ1n) is 7.78. The number of hydrogen-bond donors (Lipinski definition) is 0. The molecule has 2 aromatic heterocycles. The van der Waals surface area contributed by atoms with Gasteiger partial charge in [-0.15, -0.1) is 0 Å². The summed E-state index contributed by atoms with van der Waals surface area (Å²) in [5, 5.41) is 1.24. The van der Waals surface area contributed by atoms with Crippen LogP contribution in [0.25, 0.3) is 22.6 Å². The minimum atomic E-state index is -0.345. The van der Waals surface area contributed by atoms with Crippen LogP contribution < -0.4 is 5.56 Å². The summed E-state index contributed by atoms with van der Waals surface area (Å²) < 4.78 is 3.19. The number of aromatic nitrogens is 3. The van der Waals surface area contributed by atoms with Crippen LogP contribution in [-0.4, -0.2) is 14.2 Å². The maximum atomic E-state index is 12.9. The van der Waals surface area contributed by atoms with E-state index in [9.17, 15) is 4.79 Å². The van der Waals surface area contributed by atoms with E-state index in [1.54, 1.807) is 29.8 Å². The summed E-state index contributed by atoms with van der Waals surface area (Å²) in [6, 6.07) is 16.4. The number of fused-ring (bicyclic) bond motifs is 1. The highest BCUT2D eigenvalue weighted by Crippen LogP contribution is 2.28. The molecule has 0 unspecified atom stereocenters. The fourth-order valence-corrected chi connectivity index (χ4v) is 3.41. The summed E-state index contributed by atoms with van der Waals surface area (Å²) in [7, 11) is 0. The molecule has 2 heterocycles. The van der Waals surface area contributed by atoms with Crippen molar-refractivity contribution in [3.63, 3.8) is 0 Å². The standard InChI is InChI=1S/C19H12Cl3N3O/c1-11-18(22)19(26)25-17(23-11)10-16(12-4-2-5-13(20)8-12)24(25)15-7-3-6-14(21)9-15/h2-10H,1H3. The Morgan fingerprint density at radius 3 is 2.31 bits per heavy atom. The van der Waals surface area contributed by atoms with E-state index in [2.05, 4.69) is 4.98 Å². The summed E-state index contributed by atoms with van der Waals surface area (Å²) in [5.74, 6) is 0. The lowest BCUT2D eigenvalue weighted by Gasteiger charge is -2.12. The van der Waals surface area contributed by atoms with Crippen molar-refractivity contribution >= 4 is 40.4 Å². The summed E-state index contributed by atoms with van der Waals surface area (Å²) in [5.41, 5.74) is 2.94. The first kappa shape index (κ1) is 17.2. The predicted octanol–water partition coefficient (Wildman–Crippen LogP) is 5.42. The van der Waals surface area contributed by atoms with Crippen LogP contribution >= 0.6 is 34.8 Å². The molecule has 0 saturated heterocycles. The average Bonchev–Trinajstić information content (AvgIpc) is 2.99. The van der Waals surface area contributed by atoms with Crippen LogP contribution in [-0.2, 0) is 0 Å². The molecule has 4 aromatic rings. The van der Waals surface area contributed by atoms with Crippen molar-refractivity contribution in [3.05, 3.63) is 85.7 Å². The zero-order valence-corrected chi connectivity index (χ0v) is 15.8. The van der Waals surface area contributed by atoms with Crippen LogP contribution in [0.2, 0.25) is 15.1 Å². The smallest absolute Gasteiger partial charge is 0.266 e. The van der Waals surface area contributed by atoms with Gasteiger partial charge in [-0.3, -0.25) is 4.79 Å². The lowest BCUT2D eigenvalue weighted by molar-refractivity contribution is 0.767. The van der Waals surface area contributed by atoms with E-state index in [0.29, 0.717) is 27.1 Å². The molecule has 0 radical (unpaired) electrons. The molecule has 0 N–H and O–H groups in total. The number of aryl methyl sites for hydroxylation is 1. The predicted molar refractivity (Wildman–Crippen MR) is 106 cm³/mol. The third-order valence-corrected chi connectivity index (χ3v) is 4.97. The number of benzene rings is 2. The summed E-state index contributed by atoms with van der Waals surface area (Å²) in [6.07, 6.45) is 0. The molecule has 0 spiro atoms. The summed E-state index contributed by atoms with van der Waals surface area (Å²) in [6.45, 7) is 1.71. The second kappa shape index (κ2) is 6.47. The highest BCUT2D eigenvalue weighted by molar-refractivity contribution is 6.31. The molecule has 0 bridgehead atoms. The molecule has 0 atom stereocenters. The Kier molecular flexibility index (Phi) is 4.27. The monoisotopic (exact) mass is 403 g/mol. The summed E-state index contributed by atoms with van der Waals surface area (Å²) >= 11 is 18.5. The third kappa shape index (κ3) is 2.80. The Morgan fingerprint density at radius 2 is 1.62 bits per heavy atom. The van der Waals surface area contributed by atoms with Crippen LogP contribution in [0.15, 0.2) is 59.4 Å². The largest absolute Gasteiger partial charge is 0.292 e. The molecule has 0 aliphatic rings. The van der Waals surface area contributed by atoms with Crippen LogP contribution in [0, 0.1) is 6.92 Å². The van der Waals surface area contributed by atoms with E-state index in [-0.39, 0.29) is 10.6 Å². The minimum absolute atomic E-state index is 0.0847. The van der Waals surface area contributed by atoms with E-state index < -0.39 is 0 Å². The first-order chi connectivity index (χ1) is 12.5. The van der Waals surface area contributed by atoms with Crippen LogP contribution in [0.1, 0.15) is 5.69 Å². The average molecular weight is 405 g/mol. The quantitative estimate of drug-likeness (QED) is 0.447. The molecule has 0 fully saturated rings. The molecule has 0 aliphatic carbocycles. The van der Waals surface area contributed by atoms with E-state index in [1.807, 2.05) is 36.4 Å². The topological polar surface area (TPSA) is 39.3 Å². The lowest BCUT2D eigenvalue weighted by atomic mass is 10.1.